The van der Waals surface area contributed by atoms with Gasteiger partial charge >= 0.3 is 0 Å². The predicted octanol–water partition coefficient (Wildman–Crippen LogP) is 3.59. The maximum Gasteiger partial charge on any atom is 0.253 e. The van der Waals surface area contributed by atoms with E-state index in [9.17, 15) is 9.59 Å². The molecule has 2 atom stereocenters. The molecule has 4 rings (SSSR count). The molecule has 2 unspecified atom stereocenters. The van der Waals surface area contributed by atoms with Gasteiger partial charge in [-0.15, -0.1) is 0 Å². The van der Waals surface area contributed by atoms with Crippen LogP contribution in [0.15, 0.2) is 78.9 Å². The fourth-order valence-corrected chi connectivity index (χ4v) is 3.51. The van der Waals surface area contributed by atoms with E-state index in [0.29, 0.717) is 28.5 Å². The van der Waals surface area contributed by atoms with Crippen molar-refractivity contribution >= 4 is 23.4 Å². The summed E-state index contributed by atoms with van der Waals surface area (Å²) in [6.45, 7) is 0.166. The summed E-state index contributed by atoms with van der Waals surface area (Å²) < 4.78 is 11.5. The Morgan fingerprint density at radius 3 is 2.39 bits per heavy atom. The van der Waals surface area contributed by atoms with Gasteiger partial charge in [-0.25, -0.2) is 0 Å². The van der Waals surface area contributed by atoms with Crippen LogP contribution in [0.5, 0.6) is 11.5 Å². The van der Waals surface area contributed by atoms with Gasteiger partial charge in [-0.1, -0.05) is 66.2 Å². The van der Waals surface area contributed by atoms with Crippen LogP contribution in [0.3, 0.4) is 0 Å². The van der Waals surface area contributed by atoms with Crippen molar-refractivity contribution in [2.24, 2.45) is 0 Å². The first-order valence-electron chi connectivity index (χ1n) is 9.88. The number of carbonyl (C=O) groups is 2. The molecule has 31 heavy (non-hydrogen) atoms. The fraction of sp³-hybridized carbons (Fsp3) is 0.167. The SMILES string of the molecule is O=C(NC(Cc1ccccc1)C(=O)NC1COc2ccccc2O1)c1ccccc1Cl. The number of nitrogens with one attached hydrogen (secondary N) is 2. The fourth-order valence-electron chi connectivity index (χ4n) is 3.29. The Labute approximate surface area is 185 Å². The summed E-state index contributed by atoms with van der Waals surface area (Å²) in [6, 6.07) is 22.6. The third-order valence-electron chi connectivity index (χ3n) is 4.83. The van der Waals surface area contributed by atoms with Gasteiger partial charge in [0.1, 0.15) is 12.6 Å². The smallest absolute Gasteiger partial charge is 0.253 e. The first-order valence-corrected chi connectivity index (χ1v) is 10.3. The van der Waals surface area contributed by atoms with Crippen LogP contribution >= 0.6 is 11.6 Å². The van der Waals surface area contributed by atoms with E-state index < -0.39 is 18.2 Å². The number of fused-ring (bicyclic) bond motifs is 1. The predicted molar refractivity (Wildman–Crippen MR) is 117 cm³/mol. The number of halogens is 1. The monoisotopic (exact) mass is 436 g/mol. The molecule has 1 heterocycles. The molecular formula is C24H21ClN2O4. The van der Waals surface area contributed by atoms with Crippen molar-refractivity contribution in [3.05, 3.63) is 95.0 Å². The molecule has 2 N–H and O–H groups in total. The molecule has 0 bridgehead atoms. The molecule has 0 aliphatic carbocycles. The van der Waals surface area contributed by atoms with Gasteiger partial charge in [-0.3, -0.25) is 9.59 Å². The molecule has 0 fully saturated rings. The molecule has 2 amide bonds. The molecule has 0 saturated carbocycles. The molecule has 1 aliphatic rings. The molecule has 6 nitrogen and oxygen atoms in total. The number of benzene rings is 3. The van der Waals surface area contributed by atoms with Crippen molar-refractivity contribution in [1.29, 1.82) is 0 Å². The Morgan fingerprint density at radius 1 is 0.935 bits per heavy atom. The van der Waals surface area contributed by atoms with Gasteiger partial charge in [0.05, 0.1) is 10.6 Å². The number of rotatable bonds is 6. The zero-order valence-electron chi connectivity index (χ0n) is 16.6. The van der Waals surface area contributed by atoms with E-state index in [2.05, 4.69) is 10.6 Å². The lowest BCUT2D eigenvalue weighted by Gasteiger charge is -2.28. The number of hydrogen-bond donors (Lipinski definition) is 2. The Hall–Kier alpha value is -3.51. The molecule has 3 aromatic carbocycles. The summed E-state index contributed by atoms with van der Waals surface area (Å²) in [5.41, 5.74) is 1.22. The van der Waals surface area contributed by atoms with Crippen molar-refractivity contribution in [2.45, 2.75) is 18.7 Å². The first kappa shape index (κ1) is 20.8. The van der Waals surface area contributed by atoms with E-state index in [0.717, 1.165) is 5.56 Å². The molecule has 0 aromatic heterocycles. The topological polar surface area (TPSA) is 76.7 Å². The Balaban J connectivity index is 1.49. The van der Waals surface area contributed by atoms with Crippen LogP contribution in [0, 0.1) is 0 Å². The van der Waals surface area contributed by atoms with E-state index in [4.69, 9.17) is 21.1 Å². The molecule has 0 saturated heterocycles. The van der Waals surface area contributed by atoms with Crippen molar-refractivity contribution in [3.63, 3.8) is 0 Å². The molecule has 3 aromatic rings. The number of ether oxygens (including phenoxy) is 2. The van der Waals surface area contributed by atoms with E-state index in [1.54, 1.807) is 36.4 Å². The third kappa shape index (κ3) is 5.16. The summed E-state index contributed by atoms with van der Waals surface area (Å²) in [5, 5.41) is 5.94. The van der Waals surface area contributed by atoms with Crippen LogP contribution in [0.1, 0.15) is 15.9 Å². The lowest BCUT2D eigenvalue weighted by molar-refractivity contribution is -0.126. The van der Waals surface area contributed by atoms with Crippen LogP contribution in [-0.2, 0) is 11.2 Å². The highest BCUT2D eigenvalue weighted by molar-refractivity contribution is 6.33. The second-order valence-electron chi connectivity index (χ2n) is 7.07. The highest BCUT2D eigenvalue weighted by Crippen LogP contribution is 2.30. The summed E-state index contributed by atoms with van der Waals surface area (Å²) in [5.74, 6) is 0.379. The first-order chi connectivity index (χ1) is 15.1. The minimum atomic E-state index is -0.827. The average Bonchev–Trinajstić information content (AvgIpc) is 2.79. The van der Waals surface area contributed by atoms with Gasteiger partial charge < -0.3 is 20.1 Å². The molecule has 7 heteroatoms. The molecule has 158 valence electrons. The van der Waals surface area contributed by atoms with Crippen molar-refractivity contribution < 1.29 is 19.1 Å². The zero-order valence-corrected chi connectivity index (χ0v) is 17.3. The summed E-state index contributed by atoms with van der Waals surface area (Å²) in [4.78, 5) is 25.9. The van der Waals surface area contributed by atoms with Gasteiger partial charge in [-0.05, 0) is 29.8 Å². The lowest BCUT2D eigenvalue weighted by Crippen LogP contribution is -2.54. The minimum Gasteiger partial charge on any atom is -0.484 e. The Kier molecular flexibility index (Phi) is 6.38. The van der Waals surface area contributed by atoms with Gasteiger partial charge in [0.2, 0.25) is 12.1 Å². The van der Waals surface area contributed by atoms with E-state index >= 15 is 0 Å². The quantitative estimate of drug-likeness (QED) is 0.619. The van der Waals surface area contributed by atoms with Crippen LogP contribution in [0.4, 0.5) is 0 Å². The van der Waals surface area contributed by atoms with Crippen molar-refractivity contribution in [2.75, 3.05) is 6.61 Å². The lowest BCUT2D eigenvalue weighted by atomic mass is 10.0. The zero-order chi connectivity index (χ0) is 21.6. The molecule has 0 radical (unpaired) electrons. The van der Waals surface area contributed by atoms with Crippen molar-refractivity contribution in [3.8, 4) is 11.5 Å². The highest BCUT2D eigenvalue weighted by Gasteiger charge is 2.28. The van der Waals surface area contributed by atoms with E-state index in [-0.39, 0.29) is 12.5 Å². The van der Waals surface area contributed by atoms with Gasteiger partial charge in [0.15, 0.2) is 11.5 Å². The summed E-state index contributed by atoms with van der Waals surface area (Å²) in [6.07, 6.45) is -0.356. The Morgan fingerprint density at radius 2 is 1.61 bits per heavy atom. The minimum absolute atomic E-state index is 0.166. The van der Waals surface area contributed by atoms with E-state index in [1.165, 1.54) is 0 Å². The highest BCUT2D eigenvalue weighted by atomic mass is 35.5. The average molecular weight is 437 g/mol. The second-order valence-corrected chi connectivity index (χ2v) is 7.48. The number of para-hydroxylation sites is 2. The molecule has 0 spiro atoms. The van der Waals surface area contributed by atoms with Crippen LogP contribution in [0.25, 0.3) is 0 Å². The number of carbonyl (C=O) groups excluding carboxylic acids is 2. The van der Waals surface area contributed by atoms with Gasteiger partial charge in [0.25, 0.3) is 5.91 Å². The second kappa shape index (κ2) is 9.53. The molecular weight excluding hydrogens is 416 g/mol. The maximum atomic E-state index is 13.1. The van der Waals surface area contributed by atoms with Crippen LogP contribution in [-0.4, -0.2) is 30.7 Å². The van der Waals surface area contributed by atoms with Gasteiger partial charge in [-0.2, -0.15) is 0 Å². The van der Waals surface area contributed by atoms with Crippen molar-refractivity contribution in [1.82, 2.24) is 10.6 Å². The largest absolute Gasteiger partial charge is 0.484 e. The van der Waals surface area contributed by atoms with Crippen LogP contribution < -0.4 is 20.1 Å². The normalized spacial score (nSPS) is 15.6. The number of amides is 2. The van der Waals surface area contributed by atoms with Crippen LogP contribution in [0.2, 0.25) is 5.02 Å². The standard InChI is InChI=1S/C24H21ClN2O4/c25-18-11-5-4-10-17(18)23(28)26-19(14-16-8-2-1-3-9-16)24(29)27-22-15-30-20-12-6-7-13-21(20)31-22/h1-13,19,22H,14-15H2,(H,26,28)(H,27,29). The Bertz CT molecular complexity index is 1070. The molecule has 1 aliphatic heterocycles. The van der Waals surface area contributed by atoms with Gasteiger partial charge in [0, 0.05) is 6.42 Å². The number of hydrogen-bond acceptors (Lipinski definition) is 4. The summed E-state index contributed by atoms with van der Waals surface area (Å²) in [7, 11) is 0. The third-order valence-corrected chi connectivity index (χ3v) is 5.16. The summed E-state index contributed by atoms with van der Waals surface area (Å²) >= 11 is 6.15. The maximum absolute atomic E-state index is 13.1. The van der Waals surface area contributed by atoms with E-state index in [1.807, 2.05) is 42.5 Å².